The molecule has 0 fully saturated rings. The quantitative estimate of drug-likeness (QED) is 0.312. The molecule has 3 aromatic rings. The Kier molecular flexibility index (Phi) is 10.5. The monoisotopic (exact) mass is 563 g/mol. The Bertz CT molecular complexity index is 1380. The van der Waals surface area contributed by atoms with Crippen LogP contribution in [0.2, 0.25) is 0 Å². The molecule has 0 spiro atoms. The maximum Gasteiger partial charge on any atom is 0.264 e. The van der Waals surface area contributed by atoms with E-state index in [0.717, 1.165) is 26.6 Å². The largest absolute Gasteiger partial charge is 0.355 e. The highest BCUT2D eigenvalue weighted by atomic mass is 32.2. The molecule has 0 aromatic heterocycles. The maximum atomic E-state index is 14.1. The van der Waals surface area contributed by atoms with E-state index >= 15 is 0 Å². The number of carbonyl (C=O) groups excluding carboxylic acids is 2. The second-order valence-corrected chi connectivity index (χ2v) is 12.3. The first kappa shape index (κ1) is 30.9. The van der Waals surface area contributed by atoms with Crippen LogP contribution in [0.5, 0.6) is 0 Å². The van der Waals surface area contributed by atoms with Crippen LogP contribution in [0, 0.1) is 13.8 Å². The summed E-state index contributed by atoms with van der Waals surface area (Å²) < 4.78 is 29.1. The molecule has 1 atom stereocenters. The van der Waals surface area contributed by atoms with Crippen molar-refractivity contribution in [2.24, 2.45) is 0 Å². The number of carbonyl (C=O) groups is 2. The molecule has 40 heavy (non-hydrogen) atoms. The van der Waals surface area contributed by atoms with Crippen molar-refractivity contribution in [1.82, 2.24) is 10.2 Å². The van der Waals surface area contributed by atoms with Crippen LogP contribution < -0.4 is 9.62 Å². The number of rotatable bonds is 12. The van der Waals surface area contributed by atoms with Crippen molar-refractivity contribution in [1.29, 1.82) is 0 Å². The number of nitrogens with one attached hydrogen (secondary N) is 1. The standard InChI is InChI=1S/C32H41N3O4S/c1-7-30(32(37)33-8-2)34(21-26-13-9-24(5)10-14-26)31(36)22-35(28-17-15-27(16-18-28)23(3)4)40(38,39)29-19-11-25(6)12-20-29/h9-20,23,30H,7-8,21-22H2,1-6H3,(H,33,37). The molecule has 3 rings (SSSR count). The molecule has 214 valence electrons. The molecule has 0 radical (unpaired) electrons. The fraction of sp³-hybridized carbons (Fsp3) is 0.375. The Morgan fingerprint density at radius 3 is 1.88 bits per heavy atom. The zero-order valence-corrected chi connectivity index (χ0v) is 25.2. The lowest BCUT2D eigenvalue weighted by atomic mass is 10.0. The normalized spacial score (nSPS) is 12.2. The maximum absolute atomic E-state index is 14.1. The Morgan fingerprint density at radius 1 is 0.825 bits per heavy atom. The number of aryl methyl sites for hydroxylation is 2. The summed E-state index contributed by atoms with van der Waals surface area (Å²) in [5, 5.41) is 2.83. The van der Waals surface area contributed by atoms with Gasteiger partial charge in [-0.1, -0.05) is 80.4 Å². The second-order valence-electron chi connectivity index (χ2n) is 10.4. The molecular weight excluding hydrogens is 522 g/mol. The molecule has 1 N–H and O–H groups in total. The van der Waals surface area contributed by atoms with Gasteiger partial charge < -0.3 is 10.2 Å². The lowest BCUT2D eigenvalue weighted by molar-refractivity contribution is -0.140. The summed E-state index contributed by atoms with van der Waals surface area (Å²) in [6, 6.07) is 20.8. The summed E-state index contributed by atoms with van der Waals surface area (Å²) in [6.07, 6.45) is 0.386. The van der Waals surface area contributed by atoms with Crippen LogP contribution in [0.3, 0.4) is 0 Å². The number of likely N-dealkylation sites (N-methyl/N-ethyl adjacent to an activating group) is 1. The second kappa shape index (κ2) is 13.6. The lowest BCUT2D eigenvalue weighted by Crippen LogP contribution is -2.52. The minimum Gasteiger partial charge on any atom is -0.355 e. The lowest BCUT2D eigenvalue weighted by Gasteiger charge is -2.33. The van der Waals surface area contributed by atoms with Crippen LogP contribution in [-0.4, -0.2) is 44.3 Å². The van der Waals surface area contributed by atoms with E-state index < -0.39 is 28.5 Å². The van der Waals surface area contributed by atoms with Gasteiger partial charge in [0.05, 0.1) is 10.6 Å². The Morgan fingerprint density at radius 2 is 1.38 bits per heavy atom. The highest BCUT2D eigenvalue weighted by molar-refractivity contribution is 7.92. The number of anilines is 1. The van der Waals surface area contributed by atoms with Gasteiger partial charge in [0, 0.05) is 13.1 Å². The van der Waals surface area contributed by atoms with Crippen LogP contribution in [0.4, 0.5) is 5.69 Å². The van der Waals surface area contributed by atoms with Gasteiger partial charge in [-0.15, -0.1) is 0 Å². The van der Waals surface area contributed by atoms with Crippen molar-refractivity contribution in [3.63, 3.8) is 0 Å². The molecule has 1 unspecified atom stereocenters. The Labute approximate surface area is 239 Å². The van der Waals surface area contributed by atoms with E-state index in [-0.39, 0.29) is 23.3 Å². The molecule has 0 aliphatic carbocycles. The predicted molar refractivity (Wildman–Crippen MR) is 161 cm³/mol. The first-order valence-electron chi connectivity index (χ1n) is 13.8. The number of amides is 2. The van der Waals surface area contributed by atoms with Gasteiger partial charge in [0.1, 0.15) is 12.6 Å². The molecule has 0 heterocycles. The highest BCUT2D eigenvalue weighted by Crippen LogP contribution is 2.27. The average molecular weight is 564 g/mol. The van der Waals surface area contributed by atoms with Crippen LogP contribution in [0.15, 0.2) is 77.7 Å². The molecule has 0 aliphatic heterocycles. The summed E-state index contributed by atoms with van der Waals surface area (Å²) >= 11 is 0. The van der Waals surface area contributed by atoms with Crippen LogP contribution in [-0.2, 0) is 26.2 Å². The number of benzene rings is 3. The van der Waals surface area contributed by atoms with Gasteiger partial charge in [-0.2, -0.15) is 0 Å². The first-order chi connectivity index (χ1) is 19.0. The smallest absolute Gasteiger partial charge is 0.264 e. The van der Waals surface area contributed by atoms with Gasteiger partial charge in [-0.3, -0.25) is 13.9 Å². The van der Waals surface area contributed by atoms with Gasteiger partial charge in [-0.05, 0) is 68.5 Å². The van der Waals surface area contributed by atoms with Gasteiger partial charge in [0.15, 0.2) is 0 Å². The Hall–Kier alpha value is -3.65. The van der Waals surface area contributed by atoms with Crippen LogP contribution in [0.1, 0.15) is 62.3 Å². The van der Waals surface area contributed by atoms with E-state index in [1.165, 1.54) is 4.90 Å². The summed E-state index contributed by atoms with van der Waals surface area (Å²) in [5.41, 5.74) is 4.32. The van der Waals surface area contributed by atoms with Gasteiger partial charge >= 0.3 is 0 Å². The fourth-order valence-electron chi connectivity index (χ4n) is 4.49. The van der Waals surface area contributed by atoms with E-state index in [2.05, 4.69) is 19.2 Å². The van der Waals surface area contributed by atoms with Gasteiger partial charge in [0.2, 0.25) is 11.8 Å². The number of hydrogen-bond acceptors (Lipinski definition) is 4. The minimum absolute atomic E-state index is 0.0969. The molecule has 0 bridgehead atoms. The fourth-order valence-corrected chi connectivity index (χ4v) is 5.91. The van der Waals surface area contributed by atoms with E-state index in [0.29, 0.717) is 18.7 Å². The molecule has 7 nitrogen and oxygen atoms in total. The van der Waals surface area contributed by atoms with Crippen molar-refractivity contribution < 1.29 is 18.0 Å². The molecule has 3 aromatic carbocycles. The number of hydrogen-bond donors (Lipinski definition) is 1. The molecule has 2 amide bonds. The minimum atomic E-state index is -4.09. The third-order valence-corrected chi connectivity index (χ3v) is 8.73. The molecule has 8 heteroatoms. The van der Waals surface area contributed by atoms with E-state index in [1.54, 1.807) is 36.4 Å². The van der Waals surface area contributed by atoms with Crippen molar-refractivity contribution >= 4 is 27.5 Å². The van der Waals surface area contributed by atoms with E-state index in [1.807, 2.05) is 64.1 Å². The highest BCUT2D eigenvalue weighted by Gasteiger charge is 2.33. The van der Waals surface area contributed by atoms with Crippen molar-refractivity contribution in [3.8, 4) is 0 Å². The first-order valence-corrected chi connectivity index (χ1v) is 15.2. The number of sulfonamides is 1. The summed E-state index contributed by atoms with van der Waals surface area (Å²) in [4.78, 5) is 28.7. The van der Waals surface area contributed by atoms with Crippen molar-refractivity contribution in [3.05, 3.63) is 95.1 Å². The topological polar surface area (TPSA) is 86.8 Å². The summed E-state index contributed by atoms with van der Waals surface area (Å²) in [5.74, 6) is -0.452. The summed E-state index contributed by atoms with van der Waals surface area (Å²) in [6.45, 7) is 11.8. The molecule has 0 saturated heterocycles. The number of nitrogens with zero attached hydrogens (tertiary/aromatic N) is 2. The summed E-state index contributed by atoms with van der Waals surface area (Å²) in [7, 11) is -4.09. The average Bonchev–Trinajstić information content (AvgIpc) is 2.93. The zero-order valence-electron chi connectivity index (χ0n) is 24.3. The molecular formula is C32H41N3O4S. The van der Waals surface area contributed by atoms with Crippen molar-refractivity contribution in [2.45, 2.75) is 71.4 Å². The molecule has 0 aliphatic rings. The SMILES string of the molecule is CCNC(=O)C(CC)N(Cc1ccc(C)cc1)C(=O)CN(c1ccc(C(C)C)cc1)S(=O)(=O)c1ccc(C)cc1. The van der Waals surface area contributed by atoms with Gasteiger partial charge in [0.25, 0.3) is 10.0 Å². The third-order valence-electron chi connectivity index (χ3n) is 6.95. The molecule has 0 saturated carbocycles. The van der Waals surface area contributed by atoms with E-state index in [4.69, 9.17) is 0 Å². The Balaban J connectivity index is 2.06. The predicted octanol–water partition coefficient (Wildman–Crippen LogP) is 5.57. The zero-order chi connectivity index (χ0) is 29.4. The van der Waals surface area contributed by atoms with Crippen LogP contribution >= 0.6 is 0 Å². The van der Waals surface area contributed by atoms with Crippen LogP contribution in [0.25, 0.3) is 0 Å². The van der Waals surface area contributed by atoms with Crippen molar-refractivity contribution in [2.75, 3.05) is 17.4 Å². The van der Waals surface area contributed by atoms with Gasteiger partial charge in [-0.25, -0.2) is 8.42 Å². The third kappa shape index (κ3) is 7.50. The van der Waals surface area contributed by atoms with E-state index in [9.17, 15) is 18.0 Å².